The molecule has 0 bridgehead atoms. The van der Waals surface area contributed by atoms with Crippen molar-refractivity contribution in [1.82, 2.24) is 15.5 Å². The van der Waals surface area contributed by atoms with Crippen LogP contribution in [0.1, 0.15) is 18.4 Å². The van der Waals surface area contributed by atoms with Crippen LogP contribution >= 0.6 is 0 Å². The van der Waals surface area contributed by atoms with Crippen LogP contribution in [0.15, 0.2) is 53.1 Å². The molecule has 122 valence electrons. The number of aryl methyl sites for hydroxylation is 1. The highest BCUT2D eigenvalue weighted by Gasteiger charge is 2.09. The highest BCUT2D eigenvalue weighted by Crippen LogP contribution is 2.25. The van der Waals surface area contributed by atoms with Gasteiger partial charge in [-0.1, -0.05) is 17.3 Å². The molecule has 6 heteroatoms. The summed E-state index contributed by atoms with van der Waals surface area (Å²) in [6.45, 7) is 3.67. The Kier molecular flexibility index (Phi) is 4.56. The van der Waals surface area contributed by atoms with Gasteiger partial charge >= 0.3 is 0 Å². The lowest BCUT2D eigenvalue weighted by molar-refractivity contribution is -0.119. The van der Waals surface area contributed by atoms with Gasteiger partial charge in [-0.2, -0.15) is 4.98 Å². The Labute approximate surface area is 139 Å². The zero-order chi connectivity index (χ0) is 16.9. The van der Waals surface area contributed by atoms with Crippen molar-refractivity contribution in [2.45, 2.75) is 20.4 Å². The van der Waals surface area contributed by atoms with E-state index in [2.05, 4.69) is 15.5 Å². The molecule has 0 fully saturated rings. The second kappa shape index (κ2) is 6.95. The maximum Gasteiger partial charge on any atom is 0.246 e. The largest absolute Gasteiger partial charge is 0.457 e. The lowest BCUT2D eigenvalue weighted by Crippen LogP contribution is -2.18. The van der Waals surface area contributed by atoms with E-state index in [-0.39, 0.29) is 12.5 Å². The number of nitrogens with one attached hydrogen (secondary N) is 1. The van der Waals surface area contributed by atoms with Gasteiger partial charge in [0, 0.05) is 12.5 Å². The molecule has 0 radical (unpaired) electrons. The molecule has 1 aromatic heterocycles. The first-order valence-electron chi connectivity index (χ1n) is 7.52. The molecular weight excluding hydrogens is 306 g/mol. The van der Waals surface area contributed by atoms with Crippen molar-refractivity contribution >= 4 is 5.91 Å². The molecule has 0 spiro atoms. The van der Waals surface area contributed by atoms with Crippen LogP contribution < -0.4 is 10.1 Å². The molecule has 0 atom stereocenters. The van der Waals surface area contributed by atoms with Gasteiger partial charge in [0.25, 0.3) is 0 Å². The molecule has 2 aromatic carbocycles. The summed E-state index contributed by atoms with van der Waals surface area (Å²) in [5, 5.41) is 6.52. The van der Waals surface area contributed by atoms with Gasteiger partial charge < -0.3 is 14.6 Å². The van der Waals surface area contributed by atoms with E-state index in [0.717, 1.165) is 22.6 Å². The third kappa shape index (κ3) is 3.98. The molecular formula is C18H17N3O3. The summed E-state index contributed by atoms with van der Waals surface area (Å²) in [6.07, 6.45) is 0. The first-order chi connectivity index (χ1) is 11.6. The predicted molar refractivity (Wildman–Crippen MR) is 88.5 cm³/mol. The molecule has 0 saturated heterocycles. The van der Waals surface area contributed by atoms with E-state index < -0.39 is 0 Å². The molecule has 0 saturated carbocycles. The zero-order valence-electron chi connectivity index (χ0n) is 13.4. The highest BCUT2D eigenvalue weighted by molar-refractivity contribution is 5.72. The number of carbonyl (C=O) groups excluding carboxylic acids is 1. The van der Waals surface area contributed by atoms with Crippen LogP contribution in [0.25, 0.3) is 11.4 Å². The predicted octanol–water partition coefficient (Wildman–Crippen LogP) is 3.47. The Morgan fingerprint density at radius 2 is 1.96 bits per heavy atom. The number of hydrogen-bond donors (Lipinski definition) is 1. The van der Waals surface area contributed by atoms with E-state index in [1.54, 1.807) is 0 Å². The number of carbonyl (C=O) groups is 1. The fraction of sp³-hybridized carbons (Fsp3) is 0.167. The quantitative estimate of drug-likeness (QED) is 0.778. The summed E-state index contributed by atoms with van der Waals surface area (Å²) < 4.78 is 10.9. The fourth-order valence-corrected chi connectivity index (χ4v) is 2.13. The van der Waals surface area contributed by atoms with Crippen LogP contribution in [0.4, 0.5) is 0 Å². The Balaban J connectivity index is 1.69. The average Bonchev–Trinajstić information content (AvgIpc) is 3.03. The average molecular weight is 323 g/mol. The van der Waals surface area contributed by atoms with Gasteiger partial charge in [-0.25, -0.2) is 0 Å². The Bertz CT molecular complexity index is 841. The van der Waals surface area contributed by atoms with Crippen molar-refractivity contribution in [1.29, 1.82) is 0 Å². The van der Waals surface area contributed by atoms with Crippen LogP contribution in [0.5, 0.6) is 11.5 Å². The summed E-state index contributed by atoms with van der Waals surface area (Å²) in [4.78, 5) is 15.1. The summed E-state index contributed by atoms with van der Waals surface area (Å²) in [5.74, 6) is 2.20. The molecule has 3 aromatic rings. The van der Waals surface area contributed by atoms with Gasteiger partial charge in [0.15, 0.2) is 0 Å². The number of ether oxygens (including phenoxy) is 1. The number of aromatic nitrogens is 2. The summed E-state index contributed by atoms with van der Waals surface area (Å²) >= 11 is 0. The Hall–Kier alpha value is -3.15. The van der Waals surface area contributed by atoms with Crippen molar-refractivity contribution < 1.29 is 14.1 Å². The maximum atomic E-state index is 10.9. The standard InChI is InChI=1S/C18H17N3O3/c1-12-4-3-5-16(10-12)23-15-8-6-14(7-9-15)18-20-17(24-21-18)11-19-13(2)22/h3-10H,11H2,1-2H3,(H,19,22). The van der Waals surface area contributed by atoms with Crippen molar-refractivity contribution in [2.75, 3.05) is 0 Å². The number of hydrogen-bond acceptors (Lipinski definition) is 5. The SMILES string of the molecule is CC(=O)NCc1nc(-c2ccc(Oc3cccc(C)c3)cc2)no1. The fourth-order valence-electron chi connectivity index (χ4n) is 2.13. The molecule has 1 amide bonds. The highest BCUT2D eigenvalue weighted by atomic mass is 16.5. The van der Waals surface area contributed by atoms with Gasteiger partial charge in [0.1, 0.15) is 11.5 Å². The third-order valence-corrected chi connectivity index (χ3v) is 3.29. The summed E-state index contributed by atoms with van der Waals surface area (Å²) in [6, 6.07) is 15.3. The van der Waals surface area contributed by atoms with Crippen molar-refractivity contribution in [3.05, 3.63) is 60.0 Å². The van der Waals surface area contributed by atoms with Crippen molar-refractivity contribution in [3.63, 3.8) is 0 Å². The van der Waals surface area contributed by atoms with E-state index in [1.807, 2.05) is 55.5 Å². The van der Waals surface area contributed by atoms with Gasteiger partial charge in [-0.05, 0) is 48.9 Å². The molecule has 24 heavy (non-hydrogen) atoms. The van der Waals surface area contributed by atoms with Gasteiger partial charge in [-0.3, -0.25) is 4.79 Å². The van der Waals surface area contributed by atoms with Crippen LogP contribution in [-0.2, 0) is 11.3 Å². The maximum absolute atomic E-state index is 10.9. The zero-order valence-corrected chi connectivity index (χ0v) is 13.4. The molecule has 0 unspecified atom stereocenters. The first-order valence-corrected chi connectivity index (χ1v) is 7.52. The molecule has 0 aliphatic rings. The molecule has 0 aliphatic carbocycles. The number of benzene rings is 2. The minimum absolute atomic E-state index is 0.146. The van der Waals surface area contributed by atoms with E-state index in [0.29, 0.717) is 11.7 Å². The molecule has 1 N–H and O–H groups in total. The monoisotopic (exact) mass is 323 g/mol. The van der Waals surface area contributed by atoms with E-state index in [1.165, 1.54) is 6.92 Å². The van der Waals surface area contributed by atoms with E-state index in [4.69, 9.17) is 9.26 Å². The molecule has 3 rings (SSSR count). The molecule has 0 aliphatic heterocycles. The molecule has 1 heterocycles. The topological polar surface area (TPSA) is 77.2 Å². The van der Waals surface area contributed by atoms with Crippen LogP contribution in [0.2, 0.25) is 0 Å². The van der Waals surface area contributed by atoms with Crippen LogP contribution in [0.3, 0.4) is 0 Å². The molecule has 6 nitrogen and oxygen atoms in total. The minimum Gasteiger partial charge on any atom is -0.457 e. The lowest BCUT2D eigenvalue weighted by Gasteiger charge is -2.06. The van der Waals surface area contributed by atoms with E-state index >= 15 is 0 Å². The second-order valence-electron chi connectivity index (χ2n) is 5.36. The van der Waals surface area contributed by atoms with E-state index in [9.17, 15) is 4.79 Å². The Morgan fingerprint density at radius 3 is 2.67 bits per heavy atom. The Morgan fingerprint density at radius 1 is 1.17 bits per heavy atom. The number of rotatable bonds is 5. The smallest absolute Gasteiger partial charge is 0.246 e. The normalized spacial score (nSPS) is 10.4. The van der Waals surface area contributed by atoms with Gasteiger partial charge in [0.05, 0.1) is 6.54 Å². The van der Waals surface area contributed by atoms with Gasteiger partial charge in [0.2, 0.25) is 17.6 Å². The summed E-state index contributed by atoms with van der Waals surface area (Å²) in [5.41, 5.74) is 1.95. The van der Waals surface area contributed by atoms with Crippen LogP contribution in [-0.4, -0.2) is 16.0 Å². The first kappa shape index (κ1) is 15.7. The lowest BCUT2D eigenvalue weighted by atomic mass is 10.2. The minimum atomic E-state index is -0.146. The third-order valence-electron chi connectivity index (χ3n) is 3.29. The van der Waals surface area contributed by atoms with Gasteiger partial charge in [-0.15, -0.1) is 0 Å². The number of amides is 1. The second-order valence-corrected chi connectivity index (χ2v) is 5.36. The van der Waals surface area contributed by atoms with Crippen LogP contribution in [0, 0.1) is 6.92 Å². The van der Waals surface area contributed by atoms with Crippen molar-refractivity contribution in [3.8, 4) is 22.9 Å². The summed E-state index contributed by atoms with van der Waals surface area (Å²) in [7, 11) is 0. The number of nitrogens with zero attached hydrogens (tertiary/aromatic N) is 2. The van der Waals surface area contributed by atoms with Crippen molar-refractivity contribution in [2.24, 2.45) is 0 Å².